The van der Waals surface area contributed by atoms with Crippen LogP contribution in [0.25, 0.3) is 0 Å². The maximum absolute atomic E-state index is 5.67. The van der Waals surface area contributed by atoms with E-state index >= 15 is 0 Å². The summed E-state index contributed by atoms with van der Waals surface area (Å²) < 4.78 is 0. The molecule has 0 bridgehead atoms. The Morgan fingerprint density at radius 2 is 1.16 bits per heavy atom. The summed E-state index contributed by atoms with van der Waals surface area (Å²) in [6.45, 7) is 6.28. The van der Waals surface area contributed by atoms with Gasteiger partial charge in [-0.3, -0.25) is 11.7 Å². The minimum Gasteiger partial charge on any atom is -0.330 e. The molecule has 0 aromatic rings. The zero-order valence-electron chi connectivity index (χ0n) is 13.3. The SMILES string of the molecule is CCCCCCC(CC)(CCCN)CCCN.NN. The van der Waals surface area contributed by atoms with Crippen molar-refractivity contribution in [3.63, 3.8) is 0 Å². The van der Waals surface area contributed by atoms with Gasteiger partial charge in [0.15, 0.2) is 0 Å². The van der Waals surface area contributed by atoms with Crippen molar-refractivity contribution in [2.45, 2.75) is 78.1 Å². The molecule has 0 saturated heterocycles. The zero-order valence-corrected chi connectivity index (χ0v) is 13.3. The van der Waals surface area contributed by atoms with E-state index in [1.807, 2.05) is 0 Å². The van der Waals surface area contributed by atoms with Crippen LogP contribution >= 0.6 is 0 Å². The second kappa shape index (κ2) is 15.9. The Morgan fingerprint density at radius 1 is 0.684 bits per heavy atom. The van der Waals surface area contributed by atoms with Gasteiger partial charge in [0.25, 0.3) is 0 Å². The molecule has 0 aliphatic heterocycles. The quantitative estimate of drug-likeness (QED) is 0.249. The van der Waals surface area contributed by atoms with Gasteiger partial charge in [-0.05, 0) is 50.6 Å². The highest BCUT2D eigenvalue weighted by molar-refractivity contribution is 4.78. The first kappa shape index (κ1) is 21.1. The Morgan fingerprint density at radius 3 is 1.53 bits per heavy atom. The molecule has 0 amide bonds. The van der Waals surface area contributed by atoms with E-state index < -0.39 is 0 Å². The van der Waals surface area contributed by atoms with Gasteiger partial charge in [0.2, 0.25) is 0 Å². The number of hydrogen-bond donors (Lipinski definition) is 4. The maximum atomic E-state index is 5.67. The molecule has 8 N–H and O–H groups in total. The van der Waals surface area contributed by atoms with Crippen molar-refractivity contribution in [2.24, 2.45) is 28.6 Å². The number of hydrogen-bond acceptors (Lipinski definition) is 4. The fourth-order valence-corrected chi connectivity index (χ4v) is 2.79. The van der Waals surface area contributed by atoms with Gasteiger partial charge in [-0.25, -0.2) is 0 Å². The molecule has 0 rings (SSSR count). The summed E-state index contributed by atoms with van der Waals surface area (Å²) in [5.74, 6) is 8.00. The van der Waals surface area contributed by atoms with E-state index in [4.69, 9.17) is 11.5 Å². The first-order chi connectivity index (χ1) is 9.24. The predicted molar refractivity (Wildman–Crippen MR) is 86.4 cm³/mol. The first-order valence-corrected chi connectivity index (χ1v) is 7.98. The third-order valence-corrected chi connectivity index (χ3v) is 4.13. The first-order valence-electron chi connectivity index (χ1n) is 7.98. The molecule has 0 spiro atoms. The molecule has 0 aliphatic rings. The highest BCUT2D eigenvalue weighted by atomic mass is 15.0. The Labute approximate surface area is 120 Å². The molecule has 0 saturated carbocycles. The zero-order chi connectivity index (χ0) is 15.0. The Balaban J connectivity index is 0. The molecule has 0 aliphatic carbocycles. The van der Waals surface area contributed by atoms with Gasteiger partial charge in [-0.1, -0.05) is 46.0 Å². The fraction of sp³-hybridized carbons (Fsp3) is 1.00. The monoisotopic (exact) mass is 274 g/mol. The van der Waals surface area contributed by atoms with Gasteiger partial charge in [-0.15, -0.1) is 0 Å². The molecule has 4 heteroatoms. The van der Waals surface area contributed by atoms with Gasteiger partial charge in [0, 0.05) is 0 Å². The van der Waals surface area contributed by atoms with Crippen LogP contribution in [0.4, 0.5) is 0 Å². The average molecular weight is 274 g/mol. The average Bonchev–Trinajstić information content (AvgIpc) is 2.48. The molecule has 0 unspecified atom stereocenters. The van der Waals surface area contributed by atoms with Crippen LogP contribution in [0.3, 0.4) is 0 Å². The largest absolute Gasteiger partial charge is 0.330 e. The second-order valence-electron chi connectivity index (χ2n) is 5.45. The standard InChI is InChI=1S/C15H34N2.H4N2/c1-3-5-6-7-10-15(4-2,11-8-13-16)12-9-14-17;1-2/h3-14,16-17H2,1-2H3;1-2H2. The molecule has 0 aromatic carbocycles. The van der Waals surface area contributed by atoms with Gasteiger partial charge >= 0.3 is 0 Å². The lowest BCUT2D eigenvalue weighted by Crippen LogP contribution is -2.22. The summed E-state index contributed by atoms with van der Waals surface area (Å²) in [5.41, 5.74) is 11.9. The fourth-order valence-electron chi connectivity index (χ4n) is 2.79. The van der Waals surface area contributed by atoms with Crippen LogP contribution < -0.4 is 23.2 Å². The summed E-state index contributed by atoms with van der Waals surface area (Å²) >= 11 is 0. The molecule has 0 radical (unpaired) electrons. The lowest BCUT2D eigenvalue weighted by atomic mass is 9.73. The van der Waals surface area contributed by atoms with E-state index in [0.29, 0.717) is 5.41 Å². The normalized spacial score (nSPS) is 11.1. The minimum absolute atomic E-state index is 0.534. The third-order valence-electron chi connectivity index (χ3n) is 4.13. The minimum atomic E-state index is 0.534. The Bertz CT molecular complexity index is 154. The lowest BCUT2D eigenvalue weighted by Gasteiger charge is -2.33. The summed E-state index contributed by atoms with van der Waals surface area (Å²) in [7, 11) is 0. The van der Waals surface area contributed by atoms with Crippen molar-refractivity contribution < 1.29 is 0 Å². The van der Waals surface area contributed by atoms with Crippen molar-refractivity contribution in [3.8, 4) is 0 Å². The second-order valence-corrected chi connectivity index (χ2v) is 5.45. The van der Waals surface area contributed by atoms with Crippen LogP contribution in [0.15, 0.2) is 0 Å². The van der Waals surface area contributed by atoms with Crippen LogP contribution in [0.1, 0.15) is 78.1 Å². The third kappa shape index (κ3) is 11.4. The highest BCUT2D eigenvalue weighted by Crippen LogP contribution is 2.38. The van der Waals surface area contributed by atoms with Crippen LogP contribution in [-0.2, 0) is 0 Å². The number of nitrogens with two attached hydrogens (primary N) is 4. The van der Waals surface area contributed by atoms with Gasteiger partial charge in [0.05, 0.1) is 0 Å². The predicted octanol–water partition coefficient (Wildman–Crippen LogP) is 2.65. The van der Waals surface area contributed by atoms with Crippen molar-refractivity contribution in [3.05, 3.63) is 0 Å². The number of rotatable bonds is 12. The Hall–Kier alpha value is -0.160. The summed E-state index contributed by atoms with van der Waals surface area (Å²) in [5, 5.41) is 0. The molecule has 19 heavy (non-hydrogen) atoms. The van der Waals surface area contributed by atoms with Crippen LogP contribution in [0.2, 0.25) is 0 Å². The van der Waals surface area contributed by atoms with Crippen LogP contribution in [-0.4, -0.2) is 13.1 Å². The maximum Gasteiger partial charge on any atom is -0.00771 e. The number of hydrazine groups is 1. The molecule has 0 atom stereocenters. The molecule has 4 nitrogen and oxygen atoms in total. The van der Waals surface area contributed by atoms with Crippen LogP contribution in [0, 0.1) is 5.41 Å². The van der Waals surface area contributed by atoms with Gasteiger partial charge in [0.1, 0.15) is 0 Å². The van der Waals surface area contributed by atoms with Crippen LogP contribution in [0.5, 0.6) is 0 Å². The lowest BCUT2D eigenvalue weighted by molar-refractivity contribution is 0.193. The summed E-state index contributed by atoms with van der Waals surface area (Å²) in [4.78, 5) is 0. The highest BCUT2D eigenvalue weighted by Gasteiger charge is 2.26. The number of unbranched alkanes of at least 4 members (excludes halogenated alkanes) is 3. The molecular weight excluding hydrogens is 236 g/mol. The molecule has 118 valence electrons. The topological polar surface area (TPSA) is 104 Å². The molecule has 0 fully saturated rings. The van der Waals surface area contributed by atoms with E-state index in [1.54, 1.807) is 0 Å². The molecular formula is C15H38N4. The molecule has 0 heterocycles. The van der Waals surface area contributed by atoms with Gasteiger partial charge in [-0.2, -0.15) is 0 Å². The van der Waals surface area contributed by atoms with E-state index in [2.05, 4.69) is 25.5 Å². The van der Waals surface area contributed by atoms with E-state index in [9.17, 15) is 0 Å². The van der Waals surface area contributed by atoms with Crippen molar-refractivity contribution in [1.82, 2.24) is 0 Å². The smallest absolute Gasteiger partial charge is 0.00771 e. The summed E-state index contributed by atoms with van der Waals surface area (Å²) in [6.07, 6.45) is 13.1. The van der Waals surface area contributed by atoms with E-state index in [1.165, 1.54) is 64.2 Å². The van der Waals surface area contributed by atoms with E-state index in [-0.39, 0.29) is 0 Å². The summed E-state index contributed by atoms with van der Waals surface area (Å²) in [6, 6.07) is 0. The van der Waals surface area contributed by atoms with E-state index in [0.717, 1.165) is 13.1 Å². The van der Waals surface area contributed by atoms with Gasteiger partial charge < -0.3 is 11.5 Å². The molecule has 0 aromatic heterocycles. The van der Waals surface area contributed by atoms with Crippen molar-refractivity contribution in [2.75, 3.05) is 13.1 Å². The van der Waals surface area contributed by atoms with Crippen molar-refractivity contribution in [1.29, 1.82) is 0 Å². The Kier molecular flexibility index (Phi) is 17.7. The van der Waals surface area contributed by atoms with Crippen molar-refractivity contribution >= 4 is 0 Å².